The van der Waals surface area contributed by atoms with Crippen molar-refractivity contribution >= 4 is 21.8 Å². The van der Waals surface area contributed by atoms with Crippen molar-refractivity contribution < 1.29 is 17.7 Å². The summed E-state index contributed by atoms with van der Waals surface area (Å²) in [4.78, 5) is 14.1. The van der Waals surface area contributed by atoms with Crippen LogP contribution in [0, 0.1) is 6.92 Å². The van der Waals surface area contributed by atoms with Gasteiger partial charge in [-0.3, -0.25) is 15.0 Å². The standard InChI is InChI=1S/C14H23N5O4S/c1-10-7-13(23-17-10)16-14(20)11(2)18-8-12(9-18)24(21,22)19-5-3-15-4-6-19/h7,11-12,15H,3-6,8-9H2,1-2H3,(H,16,20). The fourth-order valence-corrected chi connectivity index (χ4v) is 4.77. The van der Waals surface area contributed by atoms with E-state index in [0.29, 0.717) is 50.8 Å². The molecule has 2 aliphatic rings. The van der Waals surface area contributed by atoms with Gasteiger partial charge in [0.05, 0.1) is 11.7 Å². The Hall–Kier alpha value is -1.49. The first-order chi connectivity index (χ1) is 11.4. The van der Waals surface area contributed by atoms with E-state index in [1.54, 1.807) is 24.2 Å². The molecule has 0 radical (unpaired) electrons. The highest BCUT2D eigenvalue weighted by molar-refractivity contribution is 7.89. The van der Waals surface area contributed by atoms with Gasteiger partial charge in [0.25, 0.3) is 0 Å². The van der Waals surface area contributed by atoms with Gasteiger partial charge in [-0.25, -0.2) is 8.42 Å². The Morgan fingerprint density at radius 1 is 1.42 bits per heavy atom. The number of sulfonamides is 1. The quantitative estimate of drug-likeness (QED) is 0.712. The first-order valence-corrected chi connectivity index (χ1v) is 9.56. The van der Waals surface area contributed by atoms with Crippen LogP contribution in [-0.4, -0.2) is 79.2 Å². The first-order valence-electron chi connectivity index (χ1n) is 8.06. The lowest BCUT2D eigenvalue weighted by molar-refractivity contribution is -0.122. The van der Waals surface area contributed by atoms with Gasteiger partial charge in [0, 0.05) is 45.3 Å². The van der Waals surface area contributed by atoms with E-state index in [0.717, 1.165) is 0 Å². The van der Waals surface area contributed by atoms with Crippen molar-refractivity contribution in [1.82, 2.24) is 19.7 Å². The van der Waals surface area contributed by atoms with Gasteiger partial charge in [-0.15, -0.1) is 0 Å². The van der Waals surface area contributed by atoms with Crippen LogP contribution < -0.4 is 10.6 Å². The molecule has 10 heteroatoms. The third-order valence-electron chi connectivity index (χ3n) is 4.53. The van der Waals surface area contributed by atoms with Crippen LogP contribution in [0.4, 0.5) is 5.88 Å². The number of likely N-dealkylation sites (tertiary alicyclic amines) is 1. The van der Waals surface area contributed by atoms with Gasteiger partial charge in [0.2, 0.25) is 21.8 Å². The molecule has 1 atom stereocenters. The number of amides is 1. The summed E-state index contributed by atoms with van der Waals surface area (Å²) in [5, 5.41) is 9.07. The number of rotatable bonds is 5. The van der Waals surface area contributed by atoms with E-state index in [9.17, 15) is 13.2 Å². The van der Waals surface area contributed by atoms with Gasteiger partial charge in [-0.05, 0) is 13.8 Å². The number of hydrogen-bond donors (Lipinski definition) is 2. The molecule has 3 heterocycles. The van der Waals surface area contributed by atoms with Crippen LogP contribution in [0.5, 0.6) is 0 Å². The predicted molar refractivity (Wildman–Crippen MR) is 88.1 cm³/mol. The van der Waals surface area contributed by atoms with E-state index in [2.05, 4.69) is 15.8 Å². The second-order valence-electron chi connectivity index (χ2n) is 6.27. The molecule has 0 aliphatic carbocycles. The lowest BCUT2D eigenvalue weighted by Crippen LogP contribution is -2.63. The number of anilines is 1. The van der Waals surface area contributed by atoms with Crippen molar-refractivity contribution in [1.29, 1.82) is 0 Å². The van der Waals surface area contributed by atoms with Crippen LogP contribution >= 0.6 is 0 Å². The Bertz CT molecular complexity index is 692. The molecule has 1 aromatic rings. The number of aromatic nitrogens is 1. The van der Waals surface area contributed by atoms with Crippen molar-refractivity contribution in [3.05, 3.63) is 11.8 Å². The summed E-state index contributed by atoms with van der Waals surface area (Å²) in [6.45, 7) is 6.66. The summed E-state index contributed by atoms with van der Waals surface area (Å²) in [5.74, 6) is 0.0685. The normalized spacial score (nSPS) is 22.1. The van der Waals surface area contributed by atoms with Crippen LogP contribution in [0.25, 0.3) is 0 Å². The van der Waals surface area contributed by atoms with Crippen LogP contribution in [0.3, 0.4) is 0 Å². The fraction of sp³-hybridized carbons (Fsp3) is 0.714. The molecule has 24 heavy (non-hydrogen) atoms. The van der Waals surface area contributed by atoms with E-state index in [1.807, 2.05) is 4.90 Å². The van der Waals surface area contributed by atoms with Gasteiger partial charge < -0.3 is 9.84 Å². The maximum absolute atomic E-state index is 12.5. The lowest BCUT2D eigenvalue weighted by Gasteiger charge is -2.43. The second-order valence-corrected chi connectivity index (χ2v) is 8.48. The van der Waals surface area contributed by atoms with Crippen LogP contribution in [0.2, 0.25) is 0 Å². The van der Waals surface area contributed by atoms with Gasteiger partial charge in [-0.1, -0.05) is 5.16 Å². The van der Waals surface area contributed by atoms with Crippen LogP contribution in [0.15, 0.2) is 10.6 Å². The number of hydrogen-bond acceptors (Lipinski definition) is 7. The molecule has 3 rings (SSSR count). The van der Waals surface area contributed by atoms with E-state index in [1.165, 1.54) is 0 Å². The topological polar surface area (TPSA) is 108 Å². The van der Waals surface area contributed by atoms with Crippen LogP contribution in [0.1, 0.15) is 12.6 Å². The summed E-state index contributed by atoms with van der Waals surface area (Å²) in [6.07, 6.45) is 0. The molecule has 1 aromatic heterocycles. The third-order valence-corrected chi connectivity index (χ3v) is 6.76. The minimum Gasteiger partial charge on any atom is -0.338 e. The molecule has 1 amide bonds. The first kappa shape index (κ1) is 17.3. The number of piperazine rings is 1. The minimum atomic E-state index is -3.28. The van der Waals surface area contributed by atoms with Crippen molar-refractivity contribution in [3.63, 3.8) is 0 Å². The predicted octanol–water partition coefficient (Wildman–Crippen LogP) is -0.771. The second kappa shape index (κ2) is 6.79. The Morgan fingerprint density at radius 3 is 2.67 bits per heavy atom. The number of nitrogens with zero attached hydrogens (tertiary/aromatic N) is 3. The number of carbonyl (C=O) groups is 1. The molecule has 2 N–H and O–H groups in total. The smallest absolute Gasteiger partial charge is 0.243 e. The van der Waals surface area contributed by atoms with E-state index in [-0.39, 0.29) is 5.91 Å². The minimum absolute atomic E-state index is 0.232. The Kier molecular flexibility index (Phi) is 4.90. The van der Waals surface area contributed by atoms with Crippen molar-refractivity contribution in [2.75, 3.05) is 44.6 Å². The molecule has 0 saturated carbocycles. The van der Waals surface area contributed by atoms with Crippen molar-refractivity contribution in [3.8, 4) is 0 Å². The van der Waals surface area contributed by atoms with E-state index in [4.69, 9.17) is 4.52 Å². The highest BCUT2D eigenvalue weighted by atomic mass is 32.2. The zero-order valence-electron chi connectivity index (χ0n) is 13.9. The zero-order chi connectivity index (χ0) is 17.3. The monoisotopic (exact) mass is 357 g/mol. The average Bonchev–Trinajstić information content (AvgIpc) is 2.91. The Labute approximate surface area is 141 Å². The molecule has 1 unspecified atom stereocenters. The molecular weight excluding hydrogens is 334 g/mol. The third kappa shape index (κ3) is 3.46. The Morgan fingerprint density at radius 2 is 2.08 bits per heavy atom. The number of carbonyl (C=O) groups excluding carboxylic acids is 1. The van der Waals surface area contributed by atoms with Gasteiger partial charge in [0.1, 0.15) is 5.25 Å². The van der Waals surface area contributed by atoms with Gasteiger partial charge in [-0.2, -0.15) is 4.31 Å². The van der Waals surface area contributed by atoms with Gasteiger partial charge in [0.15, 0.2) is 0 Å². The summed E-state index contributed by atoms with van der Waals surface area (Å²) >= 11 is 0. The van der Waals surface area contributed by atoms with Crippen molar-refractivity contribution in [2.24, 2.45) is 0 Å². The zero-order valence-corrected chi connectivity index (χ0v) is 14.7. The summed E-state index contributed by atoms with van der Waals surface area (Å²) in [5.41, 5.74) is 0.684. The van der Waals surface area contributed by atoms with Gasteiger partial charge >= 0.3 is 0 Å². The molecule has 2 saturated heterocycles. The maximum Gasteiger partial charge on any atom is 0.243 e. The molecule has 0 bridgehead atoms. The molecule has 134 valence electrons. The summed E-state index contributed by atoms with van der Waals surface area (Å²) in [6, 6.07) is 1.21. The number of nitrogens with one attached hydrogen (secondary N) is 2. The van der Waals surface area contributed by atoms with E-state index < -0.39 is 21.3 Å². The largest absolute Gasteiger partial charge is 0.338 e. The summed E-state index contributed by atoms with van der Waals surface area (Å²) in [7, 11) is -3.28. The summed E-state index contributed by atoms with van der Waals surface area (Å²) < 4.78 is 31.6. The molecule has 2 fully saturated rings. The highest BCUT2D eigenvalue weighted by Crippen LogP contribution is 2.23. The highest BCUT2D eigenvalue weighted by Gasteiger charge is 2.43. The fourth-order valence-electron chi connectivity index (χ4n) is 2.90. The van der Waals surface area contributed by atoms with Crippen LogP contribution in [-0.2, 0) is 14.8 Å². The molecule has 9 nitrogen and oxygen atoms in total. The molecule has 2 aliphatic heterocycles. The van der Waals surface area contributed by atoms with E-state index >= 15 is 0 Å². The Balaban J connectivity index is 1.52. The van der Waals surface area contributed by atoms with Crippen molar-refractivity contribution in [2.45, 2.75) is 25.1 Å². The molecular formula is C14H23N5O4S. The maximum atomic E-state index is 12.5. The molecule has 0 aromatic carbocycles. The number of aryl methyl sites for hydroxylation is 1. The molecule has 0 spiro atoms. The average molecular weight is 357 g/mol. The lowest BCUT2D eigenvalue weighted by atomic mass is 10.1. The SMILES string of the molecule is Cc1cc(NC(=O)C(C)N2CC(S(=O)(=O)N3CCNCC3)C2)on1.